The van der Waals surface area contributed by atoms with Crippen molar-refractivity contribution in [2.24, 2.45) is 0 Å². The van der Waals surface area contributed by atoms with Crippen LogP contribution < -0.4 is 19.4 Å². The molecule has 2 atom stereocenters. The van der Waals surface area contributed by atoms with Crippen molar-refractivity contribution in [2.45, 2.75) is 58.4 Å². The number of rotatable bonds is 8. The molecule has 0 saturated carbocycles. The number of carboxylic acid groups (broad SMARTS) is 1. The quantitative estimate of drug-likeness (QED) is 0.512. The Balaban J connectivity index is 1.64. The van der Waals surface area contributed by atoms with E-state index in [1.54, 1.807) is 21.9 Å². The summed E-state index contributed by atoms with van der Waals surface area (Å²) in [6.45, 7) is 7.29. The van der Waals surface area contributed by atoms with E-state index in [-0.39, 0.29) is 29.6 Å². The number of ether oxygens (including phenoxy) is 1. The van der Waals surface area contributed by atoms with Gasteiger partial charge in [-0.2, -0.15) is 18.2 Å². The Morgan fingerprint density at radius 3 is 2.30 bits per heavy atom. The molecule has 2 aromatic rings. The highest BCUT2D eigenvalue weighted by molar-refractivity contribution is 6.03. The third-order valence-electron chi connectivity index (χ3n) is 7.07. The van der Waals surface area contributed by atoms with Gasteiger partial charge in [0, 0.05) is 32.6 Å². The van der Waals surface area contributed by atoms with Gasteiger partial charge < -0.3 is 24.5 Å². The fraction of sp³-hybridized carbons (Fsp3) is 0.500. The Bertz CT molecular complexity index is 1250. The number of nitrogens with zero attached hydrogens (tertiary/aromatic N) is 6. The summed E-state index contributed by atoms with van der Waals surface area (Å²) in [7, 11) is 0. The summed E-state index contributed by atoms with van der Waals surface area (Å²) in [5.41, 5.74) is 0.307. The summed E-state index contributed by atoms with van der Waals surface area (Å²) >= 11 is 0. The van der Waals surface area contributed by atoms with Crippen molar-refractivity contribution >= 4 is 35.4 Å². The average Bonchev–Trinajstić information content (AvgIpc) is 3.54. The second kappa shape index (κ2) is 11.6. The predicted octanol–water partition coefficient (Wildman–Crippen LogP) is 3.67. The molecular weight excluding hydrogens is 533 g/mol. The van der Waals surface area contributed by atoms with Crippen LogP contribution in [0.3, 0.4) is 0 Å². The van der Waals surface area contributed by atoms with E-state index in [0.717, 1.165) is 19.0 Å². The molecule has 1 unspecified atom stereocenters. The van der Waals surface area contributed by atoms with E-state index < -0.39 is 36.4 Å². The van der Waals surface area contributed by atoms with Crippen molar-refractivity contribution < 1.29 is 37.4 Å². The number of carbonyl (C=O) groups excluding carboxylic acids is 2. The molecule has 1 aromatic carbocycles. The van der Waals surface area contributed by atoms with Gasteiger partial charge in [-0.15, -0.1) is 0 Å². The number of likely N-dealkylation sites (tertiary alicyclic amines) is 1. The lowest BCUT2D eigenvalue weighted by Gasteiger charge is -2.33. The number of carbonyl (C=O) groups is 3. The normalized spacial score (nSPS) is 17.6. The Morgan fingerprint density at radius 1 is 1.12 bits per heavy atom. The van der Waals surface area contributed by atoms with E-state index in [1.165, 1.54) is 24.0 Å². The molecule has 1 N–H and O–H groups in total. The molecule has 4 rings (SSSR count). The van der Waals surface area contributed by atoms with Crippen molar-refractivity contribution in [3.05, 3.63) is 36.0 Å². The maximum atomic E-state index is 13.5. The summed E-state index contributed by atoms with van der Waals surface area (Å²) in [4.78, 5) is 50.8. The lowest BCUT2D eigenvalue weighted by atomic mass is 10.0. The SMILES string of the molecule is CCN(CC)c1ncc2c(n1)N([C@@H](Cc1ccc(OC(=O)N3CCCC3)cc1)C(=O)O)C(C)N2C(=O)C(F)(F)F. The molecule has 3 heterocycles. The topological polar surface area (TPSA) is 119 Å². The standard InChI is InChI=1S/C26H31F3N6O5/c1-4-32(5-2)24-30-15-20-21(31-24)34(16(3)35(20)23(38)26(27,28)29)19(22(36)37)14-17-8-10-18(11-9-17)40-25(39)33-12-6-7-13-33/h8-11,15-16,19H,4-7,12-14H2,1-3H3,(H,36,37)/t16?,19-/m0/s1. The Hall–Kier alpha value is -4.10. The smallest absolute Gasteiger partial charge is 0.471 e. The molecule has 0 radical (unpaired) electrons. The van der Waals surface area contributed by atoms with Crippen LogP contribution in [0.1, 0.15) is 39.2 Å². The molecule has 1 saturated heterocycles. The van der Waals surface area contributed by atoms with Gasteiger partial charge in [-0.1, -0.05) is 12.1 Å². The predicted molar refractivity (Wildman–Crippen MR) is 139 cm³/mol. The van der Waals surface area contributed by atoms with Crippen molar-refractivity contribution in [3.63, 3.8) is 0 Å². The summed E-state index contributed by atoms with van der Waals surface area (Å²) in [6, 6.07) is 4.86. The first-order chi connectivity index (χ1) is 19.0. The molecule has 11 nitrogen and oxygen atoms in total. The number of aliphatic carboxylic acids is 1. The van der Waals surface area contributed by atoms with E-state index in [2.05, 4.69) is 9.97 Å². The Morgan fingerprint density at radius 2 is 1.75 bits per heavy atom. The first-order valence-corrected chi connectivity index (χ1v) is 13.0. The molecule has 2 aliphatic rings. The lowest BCUT2D eigenvalue weighted by molar-refractivity contribution is -0.170. The monoisotopic (exact) mass is 564 g/mol. The third-order valence-corrected chi connectivity index (χ3v) is 7.07. The van der Waals surface area contributed by atoms with Crippen molar-refractivity contribution in [1.29, 1.82) is 0 Å². The third kappa shape index (κ3) is 5.75. The van der Waals surface area contributed by atoms with Crippen molar-refractivity contribution in [2.75, 3.05) is 40.9 Å². The maximum absolute atomic E-state index is 13.5. The number of hydrogen-bond donors (Lipinski definition) is 1. The minimum atomic E-state index is -5.19. The van der Waals surface area contributed by atoms with Gasteiger partial charge in [0.15, 0.2) is 5.82 Å². The number of benzene rings is 1. The zero-order chi connectivity index (χ0) is 29.2. The number of hydrogen-bond acceptors (Lipinski definition) is 8. The molecule has 2 amide bonds. The van der Waals surface area contributed by atoms with Gasteiger partial charge in [0.2, 0.25) is 5.95 Å². The van der Waals surface area contributed by atoms with E-state index in [9.17, 15) is 32.7 Å². The number of carboxylic acids is 1. The second-order valence-electron chi connectivity index (χ2n) is 9.53. The fourth-order valence-electron chi connectivity index (χ4n) is 4.99. The molecule has 0 aliphatic carbocycles. The average molecular weight is 565 g/mol. The largest absolute Gasteiger partial charge is 0.480 e. The molecule has 0 bridgehead atoms. The van der Waals surface area contributed by atoms with Crippen molar-refractivity contribution in [1.82, 2.24) is 14.9 Å². The zero-order valence-electron chi connectivity index (χ0n) is 22.4. The van der Waals surface area contributed by atoms with Gasteiger partial charge in [-0.05, 0) is 51.3 Å². The van der Waals surface area contributed by atoms with Crippen LogP contribution >= 0.6 is 0 Å². The molecular formula is C26H31F3N6O5. The summed E-state index contributed by atoms with van der Waals surface area (Å²) in [5.74, 6) is -3.05. The molecule has 1 fully saturated rings. The molecule has 0 spiro atoms. The van der Waals surface area contributed by atoms with Gasteiger partial charge in [-0.25, -0.2) is 14.6 Å². The van der Waals surface area contributed by atoms with E-state index in [1.807, 2.05) is 13.8 Å². The van der Waals surface area contributed by atoms with Crippen LogP contribution in [0.15, 0.2) is 30.5 Å². The molecule has 1 aromatic heterocycles. The lowest BCUT2D eigenvalue weighted by Crippen LogP contribution is -2.54. The number of fused-ring (bicyclic) bond motifs is 1. The summed E-state index contributed by atoms with van der Waals surface area (Å²) in [6.07, 6.45) is -4.15. The summed E-state index contributed by atoms with van der Waals surface area (Å²) < 4.78 is 46.0. The minimum Gasteiger partial charge on any atom is -0.480 e. The van der Waals surface area contributed by atoms with Crippen molar-refractivity contribution in [3.8, 4) is 5.75 Å². The van der Waals surface area contributed by atoms with Gasteiger partial charge in [0.1, 0.15) is 23.6 Å². The van der Waals surface area contributed by atoms with Crippen LogP contribution in [0.25, 0.3) is 0 Å². The maximum Gasteiger partial charge on any atom is 0.471 e. The number of amides is 2. The van der Waals surface area contributed by atoms with Crippen LogP contribution in [0.2, 0.25) is 0 Å². The molecule has 40 heavy (non-hydrogen) atoms. The van der Waals surface area contributed by atoms with Crippen LogP contribution in [-0.2, 0) is 16.0 Å². The van der Waals surface area contributed by atoms with E-state index in [0.29, 0.717) is 36.6 Å². The fourth-order valence-corrected chi connectivity index (χ4v) is 4.99. The highest BCUT2D eigenvalue weighted by atomic mass is 19.4. The molecule has 2 aliphatic heterocycles. The number of aromatic nitrogens is 2. The highest BCUT2D eigenvalue weighted by Gasteiger charge is 2.52. The molecule has 14 heteroatoms. The Labute approximate surface area is 229 Å². The molecule has 216 valence electrons. The number of anilines is 3. The van der Waals surface area contributed by atoms with Gasteiger partial charge in [0.05, 0.1) is 6.20 Å². The number of halogens is 3. The van der Waals surface area contributed by atoms with Crippen LogP contribution in [0.5, 0.6) is 5.75 Å². The first kappa shape index (κ1) is 28.9. The van der Waals surface area contributed by atoms with Gasteiger partial charge in [-0.3, -0.25) is 9.69 Å². The van der Waals surface area contributed by atoms with E-state index in [4.69, 9.17) is 4.74 Å². The van der Waals surface area contributed by atoms with Crippen LogP contribution in [-0.4, -0.2) is 82.5 Å². The number of alkyl halides is 3. The first-order valence-electron chi connectivity index (χ1n) is 13.0. The second-order valence-corrected chi connectivity index (χ2v) is 9.53. The van der Waals surface area contributed by atoms with Crippen LogP contribution in [0.4, 0.5) is 35.4 Å². The zero-order valence-corrected chi connectivity index (χ0v) is 22.4. The minimum absolute atomic E-state index is 0.0782. The van der Waals surface area contributed by atoms with Crippen LogP contribution in [0, 0.1) is 0 Å². The Kier molecular flexibility index (Phi) is 8.35. The highest BCUT2D eigenvalue weighted by Crippen LogP contribution is 2.42. The van der Waals surface area contributed by atoms with E-state index >= 15 is 0 Å². The van der Waals surface area contributed by atoms with Gasteiger partial charge in [0.25, 0.3) is 0 Å². The van der Waals surface area contributed by atoms with Gasteiger partial charge >= 0.3 is 24.1 Å². The summed E-state index contributed by atoms with van der Waals surface area (Å²) in [5, 5.41) is 10.2.